The number of benzene rings is 12. The molecule has 4 aromatic heterocycles. The molecule has 81 heavy (non-hydrogen) atoms. The summed E-state index contributed by atoms with van der Waals surface area (Å²) in [6.07, 6.45) is 0. The van der Waals surface area contributed by atoms with Crippen LogP contribution in [0.5, 0.6) is 0 Å². The Bertz CT molecular complexity index is 5010. The lowest BCUT2D eigenvalue weighted by Gasteiger charge is -2.11. The van der Waals surface area contributed by atoms with Crippen molar-refractivity contribution in [2.24, 2.45) is 0 Å². The van der Waals surface area contributed by atoms with Crippen molar-refractivity contribution in [3.8, 4) is 84.6 Å². The third-order valence-corrected chi connectivity index (χ3v) is 16.1. The summed E-state index contributed by atoms with van der Waals surface area (Å²) in [5, 5.41) is 7.00. The average Bonchev–Trinajstić information content (AvgIpc) is 3.49. The molecule has 0 aliphatic rings. The maximum atomic E-state index is 5.25. The Labute approximate surface area is 467 Å². The zero-order chi connectivity index (χ0) is 53.4. The molecule has 6 heteroatoms. The Morgan fingerprint density at radius 3 is 0.815 bits per heavy atom. The van der Waals surface area contributed by atoms with E-state index in [0.717, 1.165) is 83.1 Å². The molecular formula is C75H48N6. The molecule has 0 radical (unpaired) electrons. The Kier molecular flexibility index (Phi) is 10.8. The van der Waals surface area contributed by atoms with E-state index in [9.17, 15) is 0 Å². The van der Waals surface area contributed by atoms with Crippen LogP contribution in [0.4, 0.5) is 0 Å². The van der Waals surface area contributed by atoms with Crippen LogP contribution in [-0.4, -0.2) is 28.7 Å². The number of rotatable bonds is 9. The van der Waals surface area contributed by atoms with Gasteiger partial charge in [-0.3, -0.25) is 4.57 Å². The van der Waals surface area contributed by atoms with Gasteiger partial charge in [0.25, 0.3) is 0 Å². The molecular weight excluding hydrogens is 985 g/mol. The van der Waals surface area contributed by atoms with Crippen molar-refractivity contribution in [3.63, 3.8) is 0 Å². The molecule has 0 saturated carbocycles. The van der Waals surface area contributed by atoms with Gasteiger partial charge >= 0.3 is 0 Å². The summed E-state index contributed by atoms with van der Waals surface area (Å²) in [5.74, 6) is 1.79. The van der Waals surface area contributed by atoms with Crippen molar-refractivity contribution in [1.29, 1.82) is 0 Å². The lowest BCUT2D eigenvalue weighted by atomic mass is 9.98. The van der Waals surface area contributed by atoms with E-state index in [1.807, 2.05) is 36.4 Å². The van der Waals surface area contributed by atoms with Gasteiger partial charge in [0.15, 0.2) is 11.6 Å². The highest BCUT2D eigenvalue weighted by Crippen LogP contribution is 2.43. The first-order chi connectivity index (χ1) is 40.1. The molecule has 0 atom stereocenters. The summed E-state index contributed by atoms with van der Waals surface area (Å²) in [5.41, 5.74) is 20.0. The quantitative estimate of drug-likeness (QED) is 0.145. The van der Waals surface area contributed by atoms with Crippen LogP contribution in [0.1, 0.15) is 0 Å². The minimum absolute atomic E-state index is 0.561. The molecule has 0 unspecified atom stereocenters. The fourth-order valence-electron chi connectivity index (χ4n) is 12.2. The molecule has 0 aliphatic carbocycles. The molecule has 4 heterocycles. The molecule has 16 aromatic rings. The van der Waals surface area contributed by atoms with Gasteiger partial charge in [-0.1, -0.05) is 200 Å². The van der Waals surface area contributed by atoms with Gasteiger partial charge in [0.05, 0.1) is 33.1 Å². The monoisotopic (exact) mass is 1030 g/mol. The molecule has 12 aromatic carbocycles. The summed E-state index contributed by atoms with van der Waals surface area (Å²) in [6, 6.07) is 105. The van der Waals surface area contributed by atoms with Gasteiger partial charge < -0.3 is 9.13 Å². The van der Waals surface area contributed by atoms with Crippen LogP contribution in [0.2, 0.25) is 0 Å². The predicted molar refractivity (Wildman–Crippen MR) is 335 cm³/mol. The molecule has 378 valence electrons. The fourth-order valence-corrected chi connectivity index (χ4v) is 12.2. The fraction of sp³-hybridized carbons (Fsp3) is 0. The van der Waals surface area contributed by atoms with Gasteiger partial charge in [0.2, 0.25) is 5.95 Å². The summed E-state index contributed by atoms with van der Waals surface area (Å²) >= 11 is 0. The van der Waals surface area contributed by atoms with Crippen molar-refractivity contribution in [1.82, 2.24) is 28.7 Å². The smallest absolute Gasteiger partial charge is 0.238 e. The van der Waals surface area contributed by atoms with E-state index >= 15 is 0 Å². The second-order valence-corrected chi connectivity index (χ2v) is 20.8. The highest BCUT2D eigenvalue weighted by Gasteiger charge is 2.22. The lowest BCUT2D eigenvalue weighted by Crippen LogP contribution is -2.06. The van der Waals surface area contributed by atoms with Crippen LogP contribution in [0.25, 0.3) is 150 Å². The molecule has 0 amide bonds. The Morgan fingerprint density at radius 1 is 0.185 bits per heavy atom. The zero-order valence-corrected chi connectivity index (χ0v) is 43.9. The number of hydrogen-bond acceptors (Lipinski definition) is 3. The minimum atomic E-state index is 0.561. The van der Waals surface area contributed by atoms with E-state index in [0.29, 0.717) is 17.6 Å². The van der Waals surface area contributed by atoms with Gasteiger partial charge in [0, 0.05) is 54.8 Å². The van der Waals surface area contributed by atoms with Crippen molar-refractivity contribution in [2.45, 2.75) is 0 Å². The van der Waals surface area contributed by atoms with Gasteiger partial charge in [-0.05, 0) is 136 Å². The van der Waals surface area contributed by atoms with E-state index in [4.69, 9.17) is 15.0 Å². The number of para-hydroxylation sites is 1. The maximum absolute atomic E-state index is 5.25. The second kappa shape index (κ2) is 18.9. The standard InChI is InChI=1S/C75H48N6/c1-7-19-49(20-8-1)54-32-38-68-61(43-54)62-46-57(34-39-69(62)80(68)60-36-42-70-66(48-60)65-45-55(50-21-9-2-10-22-50)31-37-67(65)79(70)59-29-17-6-18-30-59)58-35-41-72-64(47-58)63-44-56(51-23-11-3-12-24-51)33-40-71(63)81(72)75-77-73(52-25-13-4-14-26-52)76-74(78-75)53-27-15-5-16-28-53/h1-48H. The zero-order valence-electron chi connectivity index (χ0n) is 43.9. The third kappa shape index (κ3) is 7.83. The molecule has 0 saturated heterocycles. The van der Waals surface area contributed by atoms with Crippen molar-refractivity contribution in [2.75, 3.05) is 0 Å². The normalized spacial score (nSPS) is 11.7. The number of fused-ring (bicyclic) bond motifs is 9. The van der Waals surface area contributed by atoms with E-state index in [-0.39, 0.29) is 0 Å². The average molecular weight is 1030 g/mol. The Morgan fingerprint density at radius 2 is 0.457 bits per heavy atom. The Balaban J connectivity index is 0.904. The van der Waals surface area contributed by atoms with E-state index in [1.54, 1.807) is 0 Å². The lowest BCUT2D eigenvalue weighted by molar-refractivity contribution is 0.953. The first kappa shape index (κ1) is 46.2. The van der Waals surface area contributed by atoms with E-state index < -0.39 is 0 Å². The summed E-state index contributed by atoms with van der Waals surface area (Å²) in [6.45, 7) is 0. The molecule has 0 aliphatic heterocycles. The van der Waals surface area contributed by atoms with Gasteiger partial charge in [-0.15, -0.1) is 0 Å². The highest BCUT2D eigenvalue weighted by molar-refractivity contribution is 6.15. The third-order valence-electron chi connectivity index (χ3n) is 16.1. The van der Waals surface area contributed by atoms with Crippen molar-refractivity contribution < 1.29 is 0 Å². The topological polar surface area (TPSA) is 53.5 Å². The minimum Gasteiger partial charge on any atom is -0.309 e. The first-order valence-corrected chi connectivity index (χ1v) is 27.5. The number of hydrogen-bond donors (Lipinski definition) is 0. The largest absolute Gasteiger partial charge is 0.309 e. The van der Waals surface area contributed by atoms with Crippen LogP contribution in [0.3, 0.4) is 0 Å². The van der Waals surface area contributed by atoms with Crippen LogP contribution < -0.4 is 0 Å². The van der Waals surface area contributed by atoms with E-state index in [1.165, 1.54) is 49.3 Å². The molecule has 16 rings (SSSR count). The van der Waals surface area contributed by atoms with Crippen LogP contribution in [0.15, 0.2) is 291 Å². The Hall–Kier alpha value is -11.0. The van der Waals surface area contributed by atoms with Crippen molar-refractivity contribution >= 4 is 65.4 Å². The number of aromatic nitrogens is 6. The summed E-state index contributed by atoms with van der Waals surface area (Å²) in [7, 11) is 0. The van der Waals surface area contributed by atoms with Crippen LogP contribution in [-0.2, 0) is 0 Å². The molecule has 0 spiro atoms. The molecule has 0 bridgehead atoms. The first-order valence-electron chi connectivity index (χ1n) is 27.5. The van der Waals surface area contributed by atoms with Crippen LogP contribution in [0, 0.1) is 0 Å². The van der Waals surface area contributed by atoms with Gasteiger partial charge in [-0.25, -0.2) is 4.98 Å². The summed E-state index contributed by atoms with van der Waals surface area (Å²) in [4.78, 5) is 15.6. The molecule has 0 fully saturated rings. The van der Waals surface area contributed by atoms with Crippen LogP contribution >= 0.6 is 0 Å². The SMILES string of the molecule is c1ccc(-c2ccc3c(c2)c2cc(-c4ccc5c(c4)c4cc(-c6ccccc6)ccc4n5-c4nc(-c5ccccc5)nc(-c5ccccc5)n4)ccc2n3-c2ccc3c(c2)c2cc(-c4ccccc4)ccc2n3-c2ccccc2)cc1. The van der Waals surface area contributed by atoms with E-state index in [2.05, 4.69) is 268 Å². The molecule has 6 nitrogen and oxygen atoms in total. The predicted octanol–water partition coefficient (Wildman–Crippen LogP) is 19.2. The van der Waals surface area contributed by atoms with Gasteiger partial charge in [-0.2, -0.15) is 9.97 Å². The van der Waals surface area contributed by atoms with Crippen molar-refractivity contribution in [3.05, 3.63) is 291 Å². The summed E-state index contributed by atoms with van der Waals surface area (Å²) < 4.78 is 7.07. The highest BCUT2D eigenvalue weighted by atomic mass is 15.2. The maximum Gasteiger partial charge on any atom is 0.238 e. The second-order valence-electron chi connectivity index (χ2n) is 20.8. The number of nitrogens with zero attached hydrogens (tertiary/aromatic N) is 6. The van der Waals surface area contributed by atoms with Gasteiger partial charge in [0.1, 0.15) is 0 Å². The molecule has 0 N–H and O–H groups in total.